The van der Waals surface area contributed by atoms with Crippen molar-refractivity contribution in [2.45, 2.75) is 37.9 Å². The Morgan fingerprint density at radius 2 is 2.00 bits per heavy atom. The van der Waals surface area contributed by atoms with Gasteiger partial charge in [-0.05, 0) is 12.8 Å². The van der Waals surface area contributed by atoms with Crippen LogP contribution in [0.2, 0.25) is 0 Å². The minimum Gasteiger partial charge on any atom is -0.352 e. The first-order valence-corrected chi connectivity index (χ1v) is 7.07. The average Bonchev–Trinajstić information content (AvgIpc) is 2.12. The van der Waals surface area contributed by atoms with Crippen molar-refractivity contribution in [1.82, 2.24) is 5.32 Å². The summed E-state index contributed by atoms with van der Waals surface area (Å²) in [6.07, 6.45) is -5.27. The van der Waals surface area contributed by atoms with Crippen LogP contribution in [0.3, 0.4) is 0 Å². The van der Waals surface area contributed by atoms with E-state index in [0.717, 1.165) is 0 Å². The molecule has 0 radical (unpaired) electrons. The zero-order valence-electron chi connectivity index (χ0n) is 9.09. The predicted octanol–water partition coefficient (Wildman–Crippen LogP) is 1.02. The Kier molecular flexibility index (Phi) is 4.40. The quantitative estimate of drug-likeness (QED) is 0.835. The molecule has 1 atom stereocenters. The van der Waals surface area contributed by atoms with E-state index >= 15 is 0 Å². The van der Waals surface area contributed by atoms with E-state index in [0.29, 0.717) is 12.8 Å². The van der Waals surface area contributed by atoms with Crippen LogP contribution in [-0.2, 0) is 14.6 Å². The zero-order valence-corrected chi connectivity index (χ0v) is 9.90. The summed E-state index contributed by atoms with van der Waals surface area (Å²) in [5.74, 6) is -0.836. The molecular formula is C9H14F3NO3S. The lowest BCUT2D eigenvalue weighted by Gasteiger charge is -2.23. The molecule has 8 heteroatoms. The van der Waals surface area contributed by atoms with Gasteiger partial charge in [-0.15, -0.1) is 0 Å². The molecule has 1 saturated heterocycles. The van der Waals surface area contributed by atoms with Crippen molar-refractivity contribution in [3.63, 3.8) is 0 Å². The lowest BCUT2D eigenvalue weighted by Crippen LogP contribution is -2.43. The molecule has 0 aromatic carbocycles. The number of halogens is 3. The van der Waals surface area contributed by atoms with E-state index in [1.807, 2.05) is 0 Å². The van der Waals surface area contributed by atoms with Crippen LogP contribution >= 0.6 is 0 Å². The maximum absolute atomic E-state index is 11.8. The van der Waals surface area contributed by atoms with E-state index < -0.39 is 40.8 Å². The van der Waals surface area contributed by atoms with Gasteiger partial charge in [-0.3, -0.25) is 4.79 Å². The van der Waals surface area contributed by atoms with Crippen molar-refractivity contribution < 1.29 is 26.4 Å². The molecule has 0 spiro atoms. The molecule has 1 rings (SSSR count). The smallest absolute Gasteiger partial charge is 0.352 e. The largest absolute Gasteiger partial charge is 0.389 e. The average molecular weight is 273 g/mol. The zero-order chi connectivity index (χ0) is 13.1. The normalized spacial score (nSPS) is 24.3. The maximum atomic E-state index is 11.8. The molecule has 1 N–H and O–H groups in total. The standard InChI is InChI=1S/C9H14F3NO3S/c10-9(11,12)4-3-8(14)13-7-2-1-5-17(15,16)6-7/h7H,1-6H2,(H,13,14). The fourth-order valence-corrected chi connectivity index (χ4v) is 3.33. The summed E-state index contributed by atoms with van der Waals surface area (Å²) in [6, 6.07) is -0.547. The Balaban J connectivity index is 2.36. The van der Waals surface area contributed by atoms with E-state index in [-0.39, 0.29) is 11.5 Å². The number of hydrogen-bond acceptors (Lipinski definition) is 3. The maximum Gasteiger partial charge on any atom is 0.389 e. The summed E-state index contributed by atoms with van der Waals surface area (Å²) in [7, 11) is -3.16. The molecule has 1 amide bonds. The molecule has 0 saturated carbocycles. The first-order chi connectivity index (χ1) is 7.68. The van der Waals surface area contributed by atoms with Crippen molar-refractivity contribution in [2.24, 2.45) is 0 Å². The van der Waals surface area contributed by atoms with Gasteiger partial charge in [0.25, 0.3) is 0 Å². The Bertz CT molecular complexity index is 377. The number of carbonyl (C=O) groups excluding carboxylic acids is 1. The van der Waals surface area contributed by atoms with Crippen molar-refractivity contribution in [3.05, 3.63) is 0 Å². The molecule has 0 aliphatic carbocycles. The molecule has 4 nitrogen and oxygen atoms in total. The summed E-state index contributed by atoms with van der Waals surface area (Å²) in [5.41, 5.74) is 0. The number of rotatable bonds is 3. The van der Waals surface area contributed by atoms with E-state index in [1.54, 1.807) is 0 Å². The van der Waals surface area contributed by atoms with Crippen LogP contribution in [0.25, 0.3) is 0 Å². The van der Waals surface area contributed by atoms with Gasteiger partial charge in [0.2, 0.25) is 5.91 Å². The molecule has 17 heavy (non-hydrogen) atoms. The van der Waals surface area contributed by atoms with Crippen molar-refractivity contribution in [2.75, 3.05) is 11.5 Å². The third kappa shape index (κ3) is 5.90. The second-order valence-corrected chi connectivity index (χ2v) is 6.36. The van der Waals surface area contributed by atoms with Crippen molar-refractivity contribution in [3.8, 4) is 0 Å². The molecule has 1 heterocycles. The molecule has 0 aromatic rings. The van der Waals surface area contributed by atoms with E-state index in [9.17, 15) is 26.4 Å². The highest BCUT2D eigenvalue weighted by molar-refractivity contribution is 7.91. The second-order valence-electron chi connectivity index (χ2n) is 4.14. The highest BCUT2D eigenvalue weighted by Gasteiger charge is 2.30. The molecule has 1 aliphatic heterocycles. The summed E-state index contributed by atoms with van der Waals surface area (Å²) in [4.78, 5) is 11.2. The number of hydrogen-bond donors (Lipinski definition) is 1. The summed E-state index contributed by atoms with van der Waals surface area (Å²) in [5, 5.41) is 2.33. The summed E-state index contributed by atoms with van der Waals surface area (Å²) < 4.78 is 58.0. The number of carbonyl (C=O) groups is 1. The van der Waals surface area contributed by atoms with Gasteiger partial charge in [0.05, 0.1) is 17.9 Å². The Labute approximate surface area is 97.5 Å². The van der Waals surface area contributed by atoms with Crippen LogP contribution in [0.15, 0.2) is 0 Å². The molecule has 1 fully saturated rings. The highest BCUT2D eigenvalue weighted by atomic mass is 32.2. The minimum absolute atomic E-state index is 0.0852. The molecule has 0 aromatic heterocycles. The molecule has 0 bridgehead atoms. The first kappa shape index (κ1) is 14.3. The van der Waals surface area contributed by atoms with Gasteiger partial charge in [0, 0.05) is 12.5 Å². The highest BCUT2D eigenvalue weighted by Crippen LogP contribution is 2.21. The van der Waals surface area contributed by atoms with Crippen molar-refractivity contribution in [1.29, 1.82) is 0 Å². The minimum atomic E-state index is -4.37. The second kappa shape index (κ2) is 5.24. The SMILES string of the molecule is O=C(CCC(F)(F)F)NC1CCCS(=O)(=O)C1. The van der Waals surface area contributed by atoms with Gasteiger partial charge in [0.1, 0.15) is 0 Å². The van der Waals surface area contributed by atoms with E-state index in [1.165, 1.54) is 0 Å². The number of amides is 1. The topological polar surface area (TPSA) is 63.2 Å². The van der Waals surface area contributed by atoms with Gasteiger partial charge in [-0.1, -0.05) is 0 Å². The monoisotopic (exact) mass is 273 g/mol. The first-order valence-electron chi connectivity index (χ1n) is 5.24. The van der Waals surface area contributed by atoms with Gasteiger partial charge in [-0.25, -0.2) is 8.42 Å². The van der Waals surface area contributed by atoms with Gasteiger partial charge >= 0.3 is 6.18 Å². The number of sulfone groups is 1. The summed E-state index contributed by atoms with van der Waals surface area (Å²) in [6.45, 7) is 0. The number of alkyl halides is 3. The van der Waals surface area contributed by atoms with Crippen LogP contribution in [0, 0.1) is 0 Å². The third-order valence-electron chi connectivity index (χ3n) is 2.46. The third-order valence-corrected chi connectivity index (χ3v) is 4.28. The fourth-order valence-electron chi connectivity index (χ4n) is 1.69. The Hall–Kier alpha value is -0.790. The molecule has 1 unspecified atom stereocenters. The fraction of sp³-hybridized carbons (Fsp3) is 0.889. The van der Waals surface area contributed by atoms with Gasteiger partial charge in [0.15, 0.2) is 9.84 Å². The molecular weight excluding hydrogens is 259 g/mol. The van der Waals surface area contributed by atoms with Crippen LogP contribution < -0.4 is 5.32 Å². The molecule has 100 valence electrons. The van der Waals surface area contributed by atoms with E-state index in [2.05, 4.69) is 5.32 Å². The van der Waals surface area contributed by atoms with Crippen LogP contribution in [-0.4, -0.2) is 38.0 Å². The lowest BCUT2D eigenvalue weighted by molar-refractivity contribution is -0.144. The molecule has 1 aliphatic rings. The Morgan fingerprint density at radius 1 is 1.35 bits per heavy atom. The summed E-state index contributed by atoms with van der Waals surface area (Å²) >= 11 is 0. The van der Waals surface area contributed by atoms with Gasteiger partial charge < -0.3 is 5.32 Å². The predicted molar refractivity (Wildman–Crippen MR) is 55.1 cm³/mol. The van der Waals surface area contributed by atoms with Crippen LogP contribution in [0.5, 0.6) is 0 Å². The van der Waals surface area contributed by atoms with Crippen molar-refractivity contribution >= 4 is 15.7 Å². The Morgan fingerprint density at radius 3 is 2.53 bits per heavy atom. The van der Waals surface area contributed by atoms with Crippen LogP contribution in [0.1, 0.15) is 25.7 Å². The van der Waals surface area contributed by atoms with E-state index in [4.69, 9.17) is 0 Å². The van der Waals surface area contributed by atoms with Crippen LogP contribution in [0.4, 0.5) is 13.2 Å². The van der Waals surface area contributed by atoms with Gasteiger partial charge in [-0.2, -0.15) is 13.2 Å². The lowest BCUT2D eigenvalue weighted by atomic mass is 10.1. The number of nitrogens with one attached hydrogen (secondary N) is 1.